The number of anilines is 1. The second kappa shape index (κ2) is 8.14. The Hall–Kier alpha value is -2.92. The van der Waals surface area contributed by atoms with Crippen LogP contribution in [0.4, 0.5) is 10.2 Å². The molecule has 4 nitrogen and oxygen atoms in total. The SMILES string of the molecule is C[C@H]1C2CCC(CC2)[C@@H]1Nc1cc(-c2ccccc2)nc(-c2c[nH]c3c(F)cc(Cl)cc23)n1. The molecule has 3 aliphatic carbocycles. The van der Waals surface area contributed by atoms with Crippen LogP contribution in [0.3, 0.4) is 0 Å². The Bertz CT molecular complexity index is 1310. The van der Waals surface area contributed by atoms with Crippen molar-refractivity contribution in [1.29, 1.82) is 0 Å². The molecule has 2 heterocycles. The molecule has 6 heteroatoms. The molecule has 0 saturated heterocycles. The Kier molecular flexibility index (Phi) is 5.10. The van der Waals surface area contributed by atoms with E-state index in [4.69, 9.17) is 21.6 Å². The van der Waals surface area contributed by atoms with Gasteiger partial charge >= 0.3 is 0 Å². The fraction of sp³-hybridized carbons (Fsp3) is 0.333. The number of hydrogen-bond acceptors (Lipinski definition) is 3. The molecule has 7 rings (SSSR count). The van der Waals surface area contributed by atoms with Gasteiger partial charge in [0.05, 0.1) is 11.2 Å². The van der Waals surface area contributed by atoms with Crippen LogP contribution in [0, 0.1) is 23.6 Å². The van der Waals surface area contributed by atoms with E-state index in [2.05, 4.69) is 17.2 Å². The predicted octanol–water partition coefficient (Wildman–Crippen LogP) is 7.32. The molecule has 3 saturated carbocycles. The Morgan fingerprint density at radius 2 is 1.76 bits per heavy atom. The molecule has 33 heavy (non-hydrogen) atoms. The highest BCUT2D eigenvalue weighted by molar-refractivity contribution is 6.31. The normalized spacial score (nSPS) is 24.3. The average molecular weight is 461 g/mol. The van der Waals surface area contributed by atoms with Gasteiger partial charge in [-0.2, -0.15) is 0 Å². The lowest BCUT2D eigenvalue weighted by Crippen LogP contribution is -2.47. The van der Waals surface area contributed by atoms with E-state index in [9.17, 15) is 4.39 Å². The van der Waals surface area contributed by atoms with Crippen LogP contribution < -0.4 is 5.32 Å². The molecule has 0 unspecified atom stereocenters. The molecule has 0 amide bonds. The average Bonchev–Trinajstić information content (AvgIpc) is 3.26. The zero-order valence-corrected chi connectivity index (χ0v) is 19.2. The van der Waals surface area contributed by atoms with Gasteiger partial charge in [-0.15, -0.1) is 0 Å². The molecule has 0 spiro atoms. The van der Waals surface area contributed by atoms with Gasteiger partial charge in [-0.05, 0) is 55.6 Å². The maximum Gasteiger partial charge on any atom is 0.164 e. The van der Waals surface area contributed by atoms with Crippen LogP contribution in [-0.2, 0) is 0 Å². The van der Waals surface area contributed by atoms with Crippen molar-refractivity contribution in [2.45, 2.75) is 38.6 Å². The van der Waals surface area contributed by atoms with E-state index in [1.807, 2.05) is 36.4 Å². The van der Waals surface area contributed by atoms with Crippen LogP contribution >= 0.6 is 11.6 Å². The maximum absolute atomic E-state index is 14.5. The molecule has 2 aromatic heterocycles. The van der Waals surface area contributed by atoms with Crippen molar-refractivity contribution in [1.82, 2.24) is 15.0 Å². The molecular formula is C27H26ClFN4. The highest BCUT2D eigenvalue weighted by Gasteiger charge is 2.41. The third-order valence-corrected chi connectivity index (χ3v) is 7.91. The summed E-state index contributed by atoms with van der Waals surface area (Å²) in [6.45, 7) is 2.37. The van der Waals surface area contributed by atoms with Gasteiger partial charge in [0.25, 0.3) is 0 Å². The summed E-state index contributed by atoms with van der Waals surface area (Å²) in [6, 6.07) is 15.6. The third-order valence-electron chi connectivity index (χ3n) is 7.69. The smallest absolute Gasteiger partial charge is 0.164 e. The number of benzene rings is 2. The number of rotatable bonds is 4. The van der Waals surface area contributed by atoms with Crippen molar-refractivity contribution < 1.29 is 4.39 Å². The summed E-state index contributed by atoms with van der Waals surface area (Å²) >= 11 is 6.17. The van der Waals surface area contributed by atoms with Crippen molar-refractivity contribution in [2.24, 2.45) is 17.8 Å². The molecule has 2 N–H and O–H groups in total. The second-order valence-electron chi connectivity index (χ2n) is 9.54. The summed E-state index contributed by atoms with van der Waals surface area (Å²) < 4.78 is 14.5. The fourth-order valence-corrected chi connectivity index (χ4v) is 6.12. The number of fused-ring (bicyclic) bond motifs is 4. The fourth-order valence-electron chi connectivity index (χ4n) is 5.91. The molecule has 2 atom stereocenters. The van der Waals surface area contributed by atoms with Crippen molar-refractivity contribution in [2.75, 3.05) is 5.32 Å². The first-order valence-electron chi connectivity index (χ1n) is 11.7. The molecule has 168 valence electrons. The number of nitrogens with zero attached hydrogens (tertiary/aromatic N) is 2. The van der Waals surface area contributed by atoms with Gasteiger partial charge in [-0.1, -0.05) is 48.9 Å². The number of aromatic amines is 1. The molecule has 2 bridgehead atoms. The largest absolute Gasteiger partial charge is 0.367 e. The monoisotopic (exact) mass is 460 g/mol. The van der Waals surface area contributed by atoms with Crippen LogP contribution in [0.5, 0.6) is 0 Å². The minimum absolute atomic E-state index is 0.352. The van der Waals surface area contributed by atoms with E-state index in [1.165, 1.54) is 31.7 Å². The van der Waals surface area contributed by atoms with E-state index in [0.29, 0.717) is 39.6 Å². The zero-order chi connectivity index (χ0) is 22.5. The quantitative estimate of drug-likeness (QED) is 0.335. The Labute approximate surface area is 197 Å². The minimum atomic E-state index is -0.381. The summed E-state index contributed by atoms with van der Waals surface area (Å²) in [4.78, 5) is 12.8. The number of aromatic nitrogens is 3. The molecule has 0 aliphatic heterocycles. The van der Waals surface area contributed by atoms with E-state index >= 15 is 0 Å². The first-order chi connectivity index (χ1) is 16.1. The van der Waals surface area contributed by atoms with Crippen molar-refractivity contribution in [3.63, 3.8) is 0 Å². The highest BCUT2D eigenvalue weighted by atomic mass is 35.5. The Morgan fingerprint density at radius 1 is 1.00 bits per heavy atom. The van der Waals surface area contributed by atoms with E-state index in [1.54, 1.807) is 12.3 Å². The minimum Gasteiger partial charge on any atom is -0.367 e. The molecule has 4 aromatic rings. The number of nitrogens with one attached hydrogen (secondary N) is 2. The zero-order valence-electron chi connectivity index (χ0n) is 18.5. The lowest BCUT2D eigenvalue weighted by atomic mass is 9.62. The van der Waals surface area contributed by atoms with E-state index < -0.39 is 0 Å². The van der Waals surface area contributed by atoms with Crippen LogP contribution in [0.25, 0.3) is 33.5 Å². The molecule has 0 radical (unpaired) electrons. The van der Waals surface area contributed by atoms with Gasteiger partial charge < -0.3 is 10.3 Å². The molecular weight excluding hydrogens is 435 g/mol. The predicted molar refractivity (Wildman–Crippen MR) is 132 cm³/mol. The third kappa shape index (κ3) is 3.68. The van der Waals surface area contributed by atoms with Crippen molar-refractivity contribution in [3.05, 3.63) is 65.6 Å². The molecule has 2 aromatic carbocycles. The van der Waals surface area contributed by atoms with Crippen molar-refractivity contribution in [3.8, 4) is 22.6 Å². The first kappa shape index (κ1) is 20.7. The van der Waals surface area contributed by atoms with Crippen LogP contribution in [0.2, 0.25) is 5.02 Å². The summed E-state index contributed by atoms with van der Waals surface area (Å²) in [5.41, 5.74) is 3.02. The van der Waals surface area contributed by atoms with Gasteiger partial charge in [0, 0.05) is 39.8 Å². The van der Waals surface area contributed by atoms with Crippen LogP contribution in [0.1, 0.15) is 32.6 Å². The molecule has 3 aliphatic rings. The van der Waals surface area contributed by atoms with Crippen LogP contribution in [0.15, 0.2) is 54.7 Å². The molecule has 3 fully saturated rings. The number of H-pyrrole nitrogens is 1. The topological polar surface area (TPSA) is 53.6 Å². The summed E-state index contributed by atoms with van der Waals surface area (Å²) in [6.07, 6.45) is 7.03. The standard InChI is InChI=1S/C27H26ClFN4/c1-15-16-7-9-18(10-8-16)25(15)32-24-13-23(17-5-3-2-4-6-17)31-27(33-24)21-14-30-26-20(21)11-19(28)12-22(26)29/h2-6,11-16,18,25,30H,7-10H2,1H3,(H,31,32,33)/t15-,16?,18?,25+/m0/s1. The van der Waals surface area contributed by atoms with E-state index in [0.717, 1.165) is 28.6 Å². The number of halogens is 2. The van der Waals surface area contributed by atoms with Gasteiger partial charge in [-0.25, -0.2) is 14.4 Å². The van der Waals surface area contributed by atoms with Gasteiger partial charge in [0.1, 0.15) is 11.6 Å². The lowest BCUT2D eigenvalue weighted by molar-refractivity contribution is 0.0928. The Morgan fingerprint density at radius 3 is 2.52 bits per heavy atom. The maximum atomic E-state index is 14.5. The summed E-state index contributed by atoms with van der Waals surface area (Å²) in [5.74, 6) is 3.09. The Balaban J connectivity index is 1.46. The van der Waals surface area contributed by atoms with Gasteiger partial charge in [0.2, 0.25) is 0 Å². The number of hydrogen-bond donors (Lipinski definition) is 2. The summed E-state index contributed by atoms with van der Waals surface area (Å²) in [7, 11) is 0. The highest BCUT2D eigenvalue weighted by Crippen LogP contribution is 2.46. The summed E-state index contributed by atoms with van der Waals surface area (Å²) in [5, 5.41) is 4.82. The van der Waals surface area contributed by atoms with Crippen molar-refractivity contribution >= 4 is 28.3 Å². The lowest BCUT2D eigenvalue weighted by Gasteiger charge is -2.47. The van der Waals surface area contributed by atoms with Gasteiger partial charge in [-0.3, -0.25) is 0 Å². The van der Waals surface area contributed by atoms with E-state index in [-0.39, 0.29) is 5.82 Å². The van der Waals surface area contributed by atoms with Crippen LogP contribution in [-0.4, -0.2) is 21.0 Å². The van der Waals surface area contributed by atoms with Gasteiger partial charge in [0.15, 0.2) is 5.82 Å². The second-order valence-corrected chi connectivity index (χ2v) is 9.98. The first-order valence-corrected chi connectivity index (χ1v) is 12.1.